The predicted molar refractivity (Wildman–Crippen MR) is 196 cm³/mol. The number of hydrogen-bond acceptors (Lipinski definition) is 5. The van der Waals surface area contributed by atoms with E-state index < -0.39 is 0 Å². The third-order valence-corrected chi connectivity index (χ3v) is 16.3. The maximum atomic E-state index is 12.1. The number of methoxy groups -OCH3 is 1. The number of allylic oxidation sites excluding steroid dienone is 3. The van der Waals surface area contributed by atoms with Gasteiger partial charge in [-0.1, -0.05) is 71.9 Å². The summed E-state index contributed by atoms with van der Waals surface area (Å²) in [6.07, 6.45) is 15.1. The molecule has 254 valence electrons. The minimum Gasteiger partial charge on any atom is -0.465 e. The summed E-state index contributed by atoms with van der Waals surface area (Å²) in [6, 6.07) is 8.14. The number of aryl methyl sites for hydroxylation is 1. The summed E-state index contributed by atoms with van der Waals surface area (Å²) in [6.45, 7) is 22.3. The number of carbonyl (C=O) groups is 1. The molecule has 5 aliphatic carbocycles. The second kappa shape index (κ2) is 11.3. The van der Waals surface area contributed by atoms with E-state index in [0.29, 0.717) is 46.0 Å². The van der Waals surface area contributed by atoms with Gasteiger partial charge in [0, 0.05) is 10.9 Å². The van der Waals surface area contributed by atoms with Gasteiger partial charge in [0.2, 0.25) is 0 Å². The molecule has 0 radical (unpaired) electrons. The quantitative estimate of drug-likeness (QED) is 0.249. The number of anilines is 1. The van der Waals surface area contributed by atoms with Gasteiger partial charge in [-0.2, -0.15) is 0 Å². The monoisotopic (exact) mass is 654 g/mol. The summed E-state index contributed by atoms with van der Waals surface area (Å²) < 4.78 is 4.97. The van der Waals surface area contributed by atoms with Crippen molar-refractivity contribution in [1.82, 2.24) is 4.98 Å². The van der Waals surface area contributed by atoms with E-state index in [1.54, 1.807) is 0 Å². The number of hydrogen-bond donors (Lipinski definition) is 1. The van der Waals surface area contributed by atoms with Crippen LogP contribution in [0.1, 0.15) is 128 Å². The summed E-state index contributed by atoms with van der Waals surface area (Å²) in [4.78, 5) is 17.1. The van der Waals surface area contributed by atoms with Crippen molar-refractivity contribution in [2.75, 3.05) is 12.4 Å². The molecule has 7 rings (SSSR count). The van der Waals surface area contributed by atoms with Crippen molar-refractivity contribution in [3.05, 3.63) is 64.7 Å². The lowest BCUT2D eigenvalue weighted by molar-refractivity contribution is -0.216. The molecule has 0 spiro atoms. The molecule has 1 aromatic heterocycles. The number of ether oxygens (including phenoxy) is 1. The molecule has 0 saturated heterocycles. The molecule has 0 bridgehead atoms. The van der Waals surface area contributed by atoms with Crippen LogP contribution in [-0.2, 0) is 11.2 Å². The van der Waals surface area contributed by atoms with Crippen molar-refractivity contribution < 1.29 is 9.53 Å². The number of nitrogens with zero attached hydrogens (tertiary/aromatic N) is 1. The minimum atomic E-state index is -0.270. The second-order valence-corrected chi connectivity index (χ2v) is 18.4. The summed E-state index contributed by atoms with van der Waals surface area (Å²) >= 11 is 1.81. The summed E-state index contributed by atoms with van der Waals surface area (Å²) in [7, 11) is 1.45. The highest BCUT2D eigenvalue weighted by molar-refractivity contribution is 7.13. The molecule has 0 amide bonds. The number of esters is 1. The largest absolute Gasteiger partial charge is 0.465 e. The van der Waals surface area contributed by atoms with Crippen molar-refractivity contribution in [3.63, 3.8) is 0 Å². The van der Waals surface area contributed by atoms with E-state index in [9.17, 15) is 4.79 Å². The summed E-state index contributed by atoms with van der Waals surface area (Å²) in [5.74, 6) is 2.99. The maximum absolute atomic E-state index is 12.1. The Morgan fingerprint density at radius 2 is 1.72 bits per heavy atom. The van der Waals surface area contributed by atoms with E-state index in [0.717, 1.165) is 18.0 Å². The highest BCUT2D eigenvalue weighted by Crippen LogP contribution is 2.77. The van der Waals surface area contributed by atoms with E-state index in [-0.39, 0.29) is 22.3 Å². The molecule has 1 N–H and O–H groups in total. The molecule has 1 heterocycles. The highest BCUT2D eigenvalue weighted by Gasteiger charge is 2.70. The van der Waals surface area contributed by atoms with Gasteiger partial charge in [-0.15, -0.1) is 11.3 Å². The fourth-order valence-corrected chi connectivity index (χ4v) is 14.0. The summed E-state index contributed by atoms with van der Waals surface area (Å²) in [5, 5.41) is 7.55. The molecular formula is C42H58N2O2S. The SMILES string of the molecule is C=C(C)[C@@H]1CC[C@]2(Nc3nc(CC)cs3)CC[C@]3(C)[C@H](CCC4[C@@]5(C)CC=C(c6ccc(C(=O)OC)cc6)C(C)(C)C5CC[C@]43C)C12. The summed E-state index contributed by atoms with van der Waals surface area (Å²) in [5.41, 5.74) is 7.03. The first-order valence-corrected chi connectivity index (χ1v) is 19.4. The van der Waals surface area contributed by atoms with Gasteiger partial charge < -0.3 is 10.1 Å². The first kappa shape index (κ1) is 33.1. The number of nitrogens with one attached hydrogen (secondary N) is 1. The van der Waals surface area contributed by atoms with Crippen LogP contribution in [0.3, 0.4) is 0 Å². The Morgan fingerprint density at radius 1 is 0.979 bits per heavy atom. The lowest BCUT2D eigenvalue weighted by Crippen LogP contribution is -2.67. The third-order valence-electron chi connectivity index (χ3n) is 15.5. The van der Waals surface area contributed by atoms with Crippen molar-refractivity contribution in [1.29, 1.82) is 0 Å². The fraction of sp³-hybridized carbons (Fsp3) is 0.667. The molecular weight excluding hydrogens is 597 g/mol. The van der Waals surface area contributed by atoms with Crippen LogP contribution in [-0.4, -0.2) is 23.6 Å². The van der Waals surface area contributed by atoms with Crippen LogP contribution in [0.15, 0.2) is 47.9 Å². The number of thiazole rings is 1. The van der Waals surface area contributed by atoms with Crippen molar-refractivity contribution in [2.24, 2.45) is 51.2 Å². The zero-order valence-electron chi connectivity index (χ0n) is 30.3. The Hall–Kier alpha value is -2.40. The van der Waals surface area contributed by atoms with E-state index in [1.807, 2.05) is 23.5 Å². The minimum absolute atomic E-state index is 0.0616. The van der Waals surface area contributed by atoms with Gasteiger partial charge in [0.15, 0.2) is 5.13 Å². The van der Waals surface area contributed by atoms with Gasteiger partial charge in [0.25, 0.3) is 0 Å². The van der Waals surface area contributed by atoms with E-state index in [2.05, 4.69) is 84.0 Å². The number of rotatable bonds is 6. The fourth-order valence-electron chi connectivity index (χ4n) is 13.1. The Bertz CT molecular complexity index is 1590. The topological polar surface area (TPSA) is 51.2 Å². The smallest absolute Gasteiger partial charge is 0.337 e. The van der Waals surface area contributed by atoms with E-state index in [4.69, 9.17) is 9.72 Å². The van der Waals surface area contributed by atoms with Crippen LogP contribution in [0.5, 0.6) is 0 Å². The van der Waals surface area contributed by atoms with Gasteiger partial charge in [-0.25, -0.2) is 9.78 Å². The number of aromatic nitrogens is 1. The standard InChI is InChI=1S/C42H58N2O2S/c1-10-29-25-47-37(43-29)44-42-22-17-30(26(2)3)35(42)32-15-16-34-39(6)20-18-31(27-11-13-28(14-12-27)36(45)46-9)38(4,5)33(39)19-21-41(34,8)40(32,7)23-24-42/h11-14,18,25,30,32-35H,2,10,15-17,19-24H2,1,3-9H3,(H,43,44)/t30-,32+,33?,34?,35?,39-,40+,41+,42-/m0/s1. The van der Waals surface area contributed by atoms with Gasteiger partial charge in [-0.05, 0) is 146 Å². The van der Waals surface area contributed by atoms with Crippen molar-refractivity contribution >= 4 is 28.0 Å². The molecule has 9 atom stereocenters. The molecule has 4 nitrogen and oxygen atoms in total. The first-order chi connectivity index (χ1) is 22.2. The van der Waals surface area contributed by atoms with Gasteiger partial charge in [0.05, 0.1) is 18.4 Å². The Kier molecular flexibility index (Phi) is 7.98. The highest BCUT2D eigenvalue weighted by atomic mass is 32.1. The predicted octanol–water partition coefficient (Wildman–Crippen LogP) is 11.0. The van der Waals surface area contributed by atoms with Crippen molar-refractivity contribution in [3.8, 4) is 0 Å². The molecule has 47 heavy (non-hydrogen) atoms. The van der Waals surface area contributed by atoms with Crippen LogP contribution in [0, 0.1) is 51.2 Å². The normalized spacial score (nSPS) is 40.3. The third kappa shape index (κ3) is 4.71. The molecule has 1 aromatic carbocycles. The van der Waals surface area contributed by atoms with Crippen LogP contribution in [0.2, 0.25) is 0 Å². The van der Waals surface area contributed by atoms with Gasteiger partial charge in [-0.3, -0.25) is 0 Å². The molecule has 5 heteroatoms. The van der Waals surface area contributed by atoms with Crippen LogP contribution in [0.4, 0.5) is 5.13 Å². The molecule has 4 fully saturated rings. The van der Waals surface area contributed by atoms with Crippen LogP contribution < -0.4 is 5.32 Å². The Labute approximate surface area is 288 Å². The lowest BCUT2D eigenvalue weighted by atomic mass is 9.33. The first-order valence-electron chi connectivity index (χ1n) is 18.5. The van der Waals surface area contributed by atoms with E-state index in [1.165, 1.54) is 80.9 Å². The number of benzene rings is 1. The van der Waals surface area contributed by atoms with Crippen LogP contribution in [0.25, 0.3) is 5.57 Å². The Balaban J connectivity index is 1.21. The maximum Gasteiger partial charge on any atom is 0.337 e. The lowest BCUT2D eigenvalue weighted by Gasteiger charge is -2.72. The number of carbonyl (C=O) groups excluding carboxylic acids is 1. The molecule has 3 unspecified atom stereocenters. The number of fused-ring (bicyclic) bond motifs is 7. The molecule has 5 aliphatic rings. The van der Waals surface area contributed by atoms with E-state index >= 15 is 0 Å². The second-order valence-electron chi connectivity index (χ2n) is 17.6. The average Bonchev–Trinajstić information content (AvgIpc) is 3.66. The Morgan fingerprint density at radius 3 is 2.38 bits per heavy atom. The zero-order valence-corrected chi connectivity index (χ0v) is 31.1. The van der Waals surface area contributed by atoms with Crippen molar-refractivity contribution in [2.45, 2.75) is 118 Å². The molecule has 0 aliphatic heterocycles. The molecule has 2 aromatic rings. The molecule has 4 saturated carbocycles. The zero-order chi connectivity index (χ0) is 33.6. The van der Waals surface area contributed by atoms with Gasteiger partial charge >= 0.3 is 5.97 Å². The van der Waals surface area contributed by atoms with Crippen LogP contribution >= 0.6 is 11.3 Å². The average molecular weight is 655 g/mol. The van der Waals surface area contributed by atoms with Gasteiger partial charge in [0.1, 0.15) is 0 Å².